The molecule has 0 N–H and O–H groups in total. The molecule has 4 rings (SSSR count). The van der Waals surface area contributed by atoms with Gasteiger partial charge in [0.2, 0.25) is 0 Å². The molecule has 0 spiro atoms. The van der Waals surface area contributed by atoms with Crippen LogP contribution in [0, 0.1) is 45.3 Å². The van der Waals surface area contributed by atoms with Crippen LogP contribution in [-0.2, 0) is 9.59 Å². The van der Waals surface area contributed by atoms with Gasteiger partial charge in [-0.05, 0) is 109 Å². The van der Waals surface area contributed by atoms with Crippen LogP contribution in [0.3, 0.4) is 0 Å². The van der Waals surface area contributed by atoms with Crippen LogP contribution in [-0.4, -0.2) is 11.6 Å². The molecule has 0 aromatic carbocycles. The first-order chi connectivity index (χ1) is 16.7. The molecule has 200 valence electrons. The molecule has 36 heavy (non-hydrogen) atoms. The summed E-state index contributed by atoms with van der Waals surface area (Å²) in [5, 5.41) is 0. The van der Waals surface area contributed by atoms with Gasteiger partial charge >= 0.3 is 0 Å². The van der Waals surface area contributed by atoms with Crippen molar-refractivity contribution in [1.29, 1.82) is 0 Å². The van der Waals surface area contributed by atoms with Crippen molar-refractivity contribution in [2.24, 2.45) is 45.3 Å². The molecule has 0 heterocycles. The molecule has 4 aliphatic carbocycles. The van der Waals surface area contributed by atoms with E-state index in [1.807, 2.05) is 0 Å². The molecule has 0 aromatic heterocycles. The van der Waals surface area contributed by atoms with Crippen molar-refractivity contribution >= 4 is 11.6 Å². The lowest BCUT2D eigenvalue weighted by Gasteiger charge is -2.58. The zero-order valence-corrected chi connectivity index (χ0v) is 24.2. The molecule has 6 atom stereocenters. The summed E-state index contributed by atoms with van der Waals surface area (Å²) >= 11 is 0. The van der Waals surface area contributed by atoms with Gasteiger partial charge in [0, 0.05) is 12.8 Å². The van der Waals surface area contributed by atoms with Crippen LogP contribution in [0.15, 0.2) is 36.5 Å². The highest BCUT2D eigenvalue weighted by atomic mass is 16.1. The van der Waals surface area contributed by atoms with Crippen molar-refractivity contribution < 1.29 is 9.59 Å². The minimum atomic E-state index is 0.0881. The maximum Gasteiger partial charge on any atom is 0.156 e. The zero-order valence-electron chi connectivity index (χ0n) is 24.2. The fourth-order valence-electron chi connectivity index (χ4n) is 10.0. The van der Waals surface area contributed by atoms with Gasteiger partial charge in [0.15, 0.2) is 11.6 Å². The number of hydrogen-bond donors (Lipinski definition) is 0. The Labute approximate surface area is 221 Å². The van der Waals surface area contributed by atoms with Gasteiger partial charge in [0.05, 0.1) is 0 Å². The van der Waals surface area contributed by atoms with Crippen LogP contribution in [0.25, 0.3) is 0 Å². The van der Waals surface area contributed by atoms with Crippen molar-refractivity contribution in [2.45, 2.75) is 119 Å². The van der Waals surface area contributed by atoms with E-state index in [2.05, 4.69) is 54.7 Å². The largest absolute Gasteiger partial charge is 0.295 e. The predicted octanol–water partition coefficient (Wildman–Crippen LogP) is 9.06. The summed E-state index contributed by atoms with van der Waals surface area (Å²) in [5.74, 6) is 1.91. The third kappa shape index (κ3) is 4.88. The third-order valence-electron chi connectivity index (χ3n) is 11.9. The normalized spacial score (nSPS) is 39.9. The van der Waals surface area contributed by atoms with Crippen LogP contribution in [0.2, 0.25) is 0 Å². The average molecular weight is 493 g/mol. The Balaban J connectivity index is 1.43. The molecule has 2 nitrogen and oxygen atoms in total. The smallest absolute Gasteiger partial charge is 0.156 e. The highest BCUT2D eigenvalue weighted by molar-refractivity contribution is 5.99. The van der Waals surface area contributed by atoms with Crippen molar-refractivity contribution in [2.75, 3.05) is 0 Å². The van der Waals surface area contributed by atoms with Gasteiger partial charge in [0.25, 0.3) is 0 Å². The Morgan fingerprint density at radius 1 is 0.694 bits per heavy atom. The van der Waals surface area contributed by atoms with Crippen LogP contribution < -0.4 is 0 Å². The maximum absolute atomic E-state index is 13.2. The number of carbonyl (C=O) groups is 2. The second-order valence-corrected chi connectivity index (χ2v) is 15.0. The molecular weight excluding hydrogens is 440 g/mol. The van der Waals surface area contributed by atoms with E-state index in [9.17, 15) is 9.59 Å². The van der Waals surface area contributed by atoms with Gasteiger partial charge in [-0.15, -0.1) is 0 Å². The lowest BCUT2D eigenvalue weighted by molar-refractivity contribution is -0.121. The topological polar surface area (TPSA) is 34.1 Å². The first kappa shape index (κ1) is 27.6. The molecule has 4 fully saturated rings. The number of ketones is 2. The Bertz CT molecular complexity index is 872. The fourth-order valence-corrected chi connectivity index (χ4v) is 10.0. The summed E-state index contributed by atoms with van der Waals surface area (Å²) in [7, 11) is 0. The lowest BCUT2D eigenvalue weighted by Crippen LogP contribution is -2.49. The summed E-state index contributed by atoms with van der Waals surface area (Å²) in [4.78, 5) is 26.3. The van der Waals surface area contributed by atoms with E-state index >= 15 is 0 Å². The zero-order chi connectivity index (χ0) is 26.5. The Kier molecular flexibility index (Phi) is 7.44. The second-order valence-electron chi connectivity index (χ2n) is 15.0. The summed E-state index contributed by atoms with van der Waals surface area (Å²) in [6.07, 6.45) is 16.0. The second kappa shape index (κ2) is 9.70. The molecule has 0 amide bonds. The SMILES string of the molecule is C=C1CC[C@H]2C(C)(C)CCC[C@]2(C)[C@H]1CC(=O)/C=C/C(=O)C[C@H]1C(=C)CC[C@H]2C(C)(C)CCC[C@]12C. The third-order valence-corrected chi connectivity index (χ3v) is 11.9. The van der Waals surface area contributed by atoms with E-state index in [-0.39, 0.29) is 34.2 Å². The molecule has 0 radical (unpaired) electrons. The predicted molar refractivity (Wildman–Crippen MR) is 151 cm³/mol. The average Bonchev–Trinajstić information content (AvgIpc) is 2.76. The van der Waals surface area contributed by atoms with Gasteiger partial charge in [-0.2, -0.15) is 0 Å². The van der Waals surface area contributed by atoms with Crippen molar-refractivity contribution in [3.05, 3.63) is 36.5 Å². The highest BCUT2D eigenvalue weighted by Crippen LogP contribution is 2.62. The summed E-state index contributed by atoms with van der Waals surface area (Å²) in [6.45, 7) is 23.3. The molecule has 0 aromatic rings. The molecule has 0 unspecified atom stereocenters. The lowest BCUT2D eigenvalue weighted by atomic mass is 9.47. The van der Waals surface area contributed by atoms with Crippen molar-refractivity contribution in [3.63, 3.8) is 0 Å². The van der Waals surface area contributed by atoms with Gasteiger partial charge in [-0.3, -0.25) is 9.59 Å². The first-order valence-corrected chi connectivity index (χ1v) is 14.8. The van der Waals surface area contributed by atoms with Crippen LogP contribution in [0.1, 0.15) is 119 Å². The van der Waals surface area contributed by atoms with Gasteiger partial charge in [-0.1, -0.05) is 78.7 Å². The molecule has 4 saturated carbocycles. The fraction of sp³-hybridized carbons (Fsp3) is 0.765. The number of rotatable bonds is 6. The van der Waals surface area contributed by atoms with E-state index in [0.29, 0.717) is 35.5 Å². The number of carbonyl (C=O) groups excluding carboxylic acids is 2. The number of hydrogen-bond acceptors (Lipinski definition) is 2. The van der Waals surface area contributed by atoms with Gasteiger partial charge in [-0.25, -0.2) is 0 Å². The quantitative estimate of drug-likeness (QED) is 0.274. The monoisotopic (exact) mass is 492 g/mol. The summed E-state index contributed by atoms with van der Waals surface area (Å²) in [5.41, 5.74) is 3.42. The Hall–Kier alpha value is -1.44. The molecule has 0 saturated heterocycles. The first-order valence-electron chi connectivity index (χ1n) is 14.8. The molecule has 4 aliphatic rings. The molecule has 0 bridgehead atoms. The van der Waals surface area contributed by atoms with E-state index in [1.165, 1.54) is 62.5 Å². The minimum absolute atomic E-state index is 0.0881. The van der Waals surface area contributed by atoms with Gasteiger partial charge < -0.3 is 0 Å². The van der Waals surface area contributed by atoms with E-state index in [0.717, 1.165) is 12.8 Å². The standard InChI is InChI=1S/C34H52O2/c1-23-11-15-29-31(3,4)17-9-19-33(29,7)27(23)21-25(35)13-14-26(36)22-28-24(2)12-16-30-32(5,6)18-10-20-34(28,30)8/h13-14,27-30H,1-2,9-12,15-22H2,3-8H3/b14-13+/t27-,28-,29-,30-,33+,34+/m0/s1. The van der Waals surface area contributed by atoms with Crippen LogP contribution in [0.4, 0.5) is 0 Å². The maximum atomic E-state index is 13.2. The Morgan fingerprint density at radius 3 is 1.42 bits per heavy atom. The Morgan fingerprint density at radius 2 is 1.06 bits per heavy atom. The van der Waals surface area contributed by atoms with Crippen molar-refractivity contribution in [1.82, 2.24) is 0 Å². The summed E-state index contributed by atoms with van der Waals surface area (Å²) < 4.78 is 0. The van der Waals surface area contributed by atoms with Gasteiger partial charge in [0.1, 0.15) is 0 Å². The molecule has 2 heteroatoms. The van der Waals surface area contributed by atoms with Crippen LogP contribution in [0.5, 0.6) is 0 Å². The van der Waals surface area contributed by atoms with Crippen molar-refractivity contribution in [3.8, 4) is 0 Å². The van der Waals surface area contributed by atoms with E-state index in [1.54, 1.807) is 12.2 Å². The van der Waals surface area contributed by atoms with E-state index in [4.69, 9.17) is 0 Å². The highest BCUT2D eigenvalue weighted by Gasteiger charge is 2.54. The number of fused-ring (bicyclic) bond motifs is 2. The number of allylic oxidation sites excluding steroid dienone is 4. The summed E-state index contributed by atoms with van der Waals surface area (Å²) in [6, 6.07) is 0. The van der Waals surface area contributed by atoms with Crippen LogP contribution >= 0.6 is 0 Å². The van der Waals surface area contributed by atoms with E-state index < -0.39 is 0 Å². The molecular formula is C34H52O2. The molecule has 0 aliphatic heterocycles. The minimum Gasteiger partial charge on any atom is -0.295 e.